The topological polar surface area (TPSA) is 57.8 Å². The van der Waals surface area contributed by atoms with Crippen LogP contribution in [0.15, 0.2) is 28.9 Å². The Bertz CT molecular complexity index is 612. The van der Waals surface area contributed by atoms with E-state index in [2.05, 4.69) is 31.4 Å². The van der Waals surface area contributed by atoms with E-state index in [1.807, 2.05) is 13.1 Å². The van der Waals surface area contributed by atoms with E-state index in [9.17, 15) is 4.79 Å². The maximum Gasteiger partial charge on any atom is 0.252 e. The number of aromatic amines is 1. The molecule has 2 rings (SSSR count). The summed E-state index contributed by atoms with van der Waals surface area (Å²) in [6, 6.07) is 5.23. The standard InChI is InChI=1S/C14H15BrClN3O/c1-9-10(8-18-19-9)3-2-6-17-14(20)12-7-11(15)4-5-13(12)16/h4-5,7-8H,2-3,6H2,1H3,(H,17,20)(H,18,19). The van der Waals surface area contributed by atoms with E-state index in [1.54, 1.807) is 18.2 Å². The summed E-state index contributed by atoms with van der Waals surface area (Å²) < 4.78 is 0.834. The van der Waals surface area contributed by atoms with Crippen LogP contribution in [0.4, 0.5) is 0 Å². The average Bonchev–Trinajstić information content (AvgIpc) is 2.83. The van der Waals surface area contributed by atoms with Crippen molar-refractivity contribution in [2.75, 3.05) is 6.54 Å². The van der Waals surface area contributed by atoms with Crippen molar-refractivity contribution in [3.8, 4) is 0 Å². The van der Waals surface area contributed by atoms with Gasteiger partial charge in [0, 0.05) is 16.7 Å². The molecule has 0 bridgehead atoms. The summed E-state index contributed by atoms with van der Waals surface area (Å²) in [6.45, 7) is 2.59. The van der Waals surface area contributed by atoms with E-state index in [1.165, 1.54) is 5.56 Å². The Morgan fingerprint density at radius 2 is 2.30 bits per heavy atom. The van der Waals surface area contributed by atoms with Crippen molar-refractivity contribution < 1.29 is 4.79 Å². The third-order valence-electron chi connectivity index (χ3n) is 3.02. The molecule has 1 amide bonds. The quantitative estimate of drug-likeness (QED) is 0.806. The van der Waals surface area contributed by atoms with Crippen LogP contribution in [0.3, 0.4) is 0 Å². The fourth-order valence-corrected chi connectivity index (χ4v) is 2.44. The Labute approximate surface area is 131 Å². The van der Waals surface area contributed by atoms with Crippen LogP contribution in [0.25, 0.3) is 0 Å². The van der Waals surface area contributed by atoms with Gasteiger partial charge < -0.3 is 5.32 Å². The molecule has 4 nitrogen and oxygen atoms in total. The van der Waals surface area contributed by atoms with E-state index < -0.39 is 0 Å². The number of carbonyl (C=O) groups excluding carboxylic acids is 1. The Morgan fingerprint density at radius 1 is 1.50 bits per heavy atom. The molecule has 0 aliphatic heterocycles. The van der Waals surface area contributed by atoms with Gasteiger partial charge >= 0.3 is 0 Å². The zero-order valence-corrected chi connectivity index (χ0v) is 13.4. The highest BCUT2D eigenvalue weighted by Crippen LogP contribution is 2.20. The highest BCUT2D eigenvalue weighted by atomic mass is 79.9. The Balaban J connectivity index is 1.83. The van der Waals surface area contributed by atoms with Gasteiger partial charge in [-0.3, -0.25) is 9.89 Å². The van der Waals surface area contributed by atoms with Gasteiger partial charge in [-0.1, -0.05) is 27.5 Å². The molecular formula is C14H15BrClN3O. The Morgan fingerprint density at radius 3 is 3.00 bits per heavy atom. The molecule has 0 saturated heterocycles. The Hall–Kier alpha value is -1.33. The molecule has 0 atom stereocenters. The van der Waals surface area contributed by atoms with Crippen LogP contribution in [-0.2, 0) is 6.42 Å². The number of carbonyl (C=O) groups is 1. The lowest BCUT2D eigenvalue weighted by Gasteiger charge is -2.07. The largest absolute Gasteiger partial charge is 0.352 e. The van der Waals surface area contributed by atoms with Gasteiger partial charge in [0.25, 0.3) is 5.91 Å². The first-order chi connectivity index (χ1) is 9.58. The normalized spacial score (nSPS) is 10.6. The molecular weight excluding hydrogens is 342 g/mol. The van der Waals surface area contributed by atoms with Gasteiger partial charge in [-0.2, -0.15) is 5.10 Å². The lowest BCUT2D eigenvalue weighted by atomic mass is 10.1. The lowest BCUT2D eigenvalue weighted by molar-refractivity contribution is 0.0953. The van der Waals surface area contributed by atoms with E-state index in [4.69, 9.17) is 11.6 Å². The van der Waals surface area contributed by atoms with Crippen LogP contribution in [0.5, 0.6) is 0 Å². The number of hydrogen-bond donors (Lipinski definition) is 2. The molecule has 0 aliphatic carbocycles. The highest BCUT2D eigenvalue weighted by Gasteiger charge is 2.10. The number of amides is 1. The average molecular weight is 357 g/mol. The van der Waals surface area contributed by atoms with E-state index >= 15 is 0 Å². The van der Waals surface area contributed by atoms with Crippen molar-refractivity contribution >= 4 is 33.4 Å². The number of H-pyrrole nitrogens is 1. The summed E-state index contributed by atoms with van der Waals surface area (Å²) >= 11 is 9.34. The zero-order chi connectivity index (χ0) is 14.5. The first kappa shape index (κ1) is 15.1. The molecule has 2 aromatic rings. The third kappa shape index (κ3) is 3.84. The molecule has 0 radical (unpaired) electrons. The molecule has 106 valence electrons. The van der Waals surface area contributed by atoms with Crippen LogP contribution in [0, 0.1) is 6.92 Å². The molecule has 2 N–H and O–H groups in total. The highest BCUT2D eigenvalue weighted by molar-refractivity contribution is 9.10. The number of hydrogen-bond acceptors (Lipinski definition) is 2. The number of halogens is 2. The first-order valence-corrected chi connectivity index (χ1v) is 7.47. The van der Waals surface area contributed by atoms with Crippen LogP contribution < -0.4 is 5.32 Å². The molecule has 0 spiro atoms. The van der Waals surface area contributed by atoms with Gasteiger partial charge in [-0.25, -0.2) is 0 Å². The molecule has 0 fully saturated rings. The number of nitrogens with zero attached hydrogens (tertiary/aromatic N) is 1. The summed E-state index contributed by atoms with van der Waals surface area (Å²) in [6.07, 6.45) is 3.56. The molecule has 1 aromatic carbocycles. The Kier molecular flexibility index (Phi) is 5.20. The van der Waals surface area contributed by atoms with Crippen molar-refractivity contribution in [1.29, 1.82) is 0 Å². The van der Waals surface area contributed by atoms with E-state index in [0.29, 0.717) is 17.1 Å². The van der Waals surface area contributed by atoms with Crippen molar-refractivity contribution in [3.05, 3.63) is 50.7 Å². The van der Waals surface area contributed by atoms with Gasteiger partial charge in [0.05, 0.1) is 16.8 Å². The third-order valence-corrected chi connectivity index (χ3v) is 3.84. The monoisotopic (exact) mass is 355 g/mol. The van der Waals surface area contributed by atoms with Crippen LogP contribution in [0.2, 0.25) is 5.02 Å². The second-order valence-electron chi connectivity index (χ2n) is 4.50. The van der Waals surface area contributed by atoms with E-state index in [-0.39, 0.29) is 5.91 Å². The minimum absolute atomic E-state index is 0.153. The van der Waals surface area contributed by atoms with Crippen molar-refractivity contribution in [3.63, 3.8) is 0 Å². The van der Waals surface area contributed by atoms with Crippen molar-refractivity contribution in [1.82, 2.24) is 15.5 Å². The number of nitrogens with one attached hydrogen (secondary N) is 2. The van der Waals surface area contributed by atoms with E-state index in [0.717, 1.165) is 23.0 Å². The second-order valence-corrected chi connectivity index (χ2v) is 5.83. The predicted molar refractivity (Wildman–Crippen MR) is 83.1 cm³/mol. The van der Waals surface area contributed by atoms with Gasteiger partial charge in [-0.15, -0.1) is 0 Å². The van der Waals surface area contributed by atoms with Crippen LogP contribution in [0.1, 0.15) is 28.0 Å². The number of aryl methyl sites for hydroxylation is 2. The summed E-state index contributed by atoms with van der Waals surface area (Å²) in [5, 5.41) is 10.2. The molecule has 0 saturated carbocycles. The van der Waals surface area contributed by atoms with Crippen molar-refractivity contribution in [2.45, 2.75) is 19.8 Å². The van der Waals surface area contributed by atoms with Gasteiger partial charge in [0.1, 0.15) is 0 Å². The zero-order valence-electron chi connectivity index (χ0n) is 11.0. The minimum atomic E-state index is -0.153. The fourth-order valence-electron chi connectivity index (χ4n) is 1.88. The summed E-state index contributed by atoms with van der Waals surface area (Å²) in [7, 11) is 0. The molecule has 0 aliphatic rings. The number of benzene rings is 1. The second kappa shape index (κ2) is 6.90. The maximum absolute atomic E-state index is 12.0. The maximum atomic E-state index is 12.0. The fraction of sp³-hybridized carbons (Fsp3) is 0.286. The summed E-state index contributed by atoms with van der Waals surface area (Å²) in [4.78, 5) is 12.0. The molecule has 0 unspecified atom stereocenters. The lowest BCUT2D eigenvalue weighted by Crippen LogP contribution is -2.25. The van der Waals surface area contributed by atoms with Gasteiger partial charge in [-0.05, 0) is 43.5 Å². The summed E-state index contributed by atoms with van der Waals surface area (Å²) in [5.74, 6) is -0.153. The minimum Gasteiger partial charge on any atom is -0.352 e. The number of rotatable bonds is 5. The number of aromatic nitrogens is 2. The van der Waals surface area contributed by atoms with Crippen LogP contribution in [-0.4, -0.2) is 22.6 Å². The van der Waals surface area contributed by atoms with Gasteiger partial charge in [0.15, 0.2) is 0 Å². The molecule has 1 heterocycles. The first-order valence-electron chi connectivity index (χ1n) is 6.30. The van der Waals surface area contributed by atoms with Crippen LogP contribution >= 0.6 is 27.5 Å². The molecule has 6 heteroatoms. The van der Waals surface area contributed by atoms with Gasteiger partial charge in [0.2, 0.25) is 0 Å². The SMILES string of the molecule is Cc1[nH]ncc1CCCNC(=O)c1cc(Br)ccc1Cl. The summed E-state index contributed by atoms with van der Waals surface area (Å²) in [5.41, 5.74) is 2.74. The van der Waals surface area contributed by atoms with Crippen molar-refractivity contribution in [2.24, 2.45) is 0 Å². The molecule has 20 heavy (non-hydrogen) atoms. The predicted octanol–water partition coefficient (Wildman–Crippen LogP) is 3.50. The smallest absolute Gasteiger partial charge is 0.252 e. The molecule has 1 aromatic heterocycles.